The number of morpholine rings is 1. The zero-order chi connectivity index (χ0) is 24.5. The number of amides is 1. The van der Waals surface area contributed by atoms with E-state index in [1.54, 1.807) is 23.1 Å². The van der Waals surface area contributed by atoms with Gasteiger partial charge in [-0.05, 0) is 42.8 Å². The molecular formula is C23H21F3N4O4. The Balaban J connectivity index is 1.73. The predicted molar refractivity (Wildman–Crippen MR) is 119 cm³/mol. The second kappa shape index (κ2) is 9.18. The average Bonchev–Trinajstić information content (AvgIpc) is 2.79. The average molecular weight is 474 g/mol. The molecular weight excluding hydrogens is 453 g/mol. The lowest BCUT2D eigenvalue weighted by Gasteiger charge is -2.31. The molecule has 0 unspecified atom stereocenters. The highest BCUT2D eigenvalue weighted by atomic mass is 19.4. The molecule has 2 heterocycles. The number of nitrogens with one attached hydrogen (secondary N) is 1. The Morgan fingerprint density at radius 1 is 1.12 bits per heavy atom. The van der Waals surface area contributed by atoms with Crippen LogP contribution in [0.2, 0.25) is 0 Å². The molecule has 34 heavy (non-hydrogen) atoms. The Morgan fingerprint density at radius 2 is 1.85 bits per heavy atom. The van der Waals surface area contributed by atoms with E-state index in [4.69, 9.17) is 4.74 Å². The van der Waals surface area contributed by atoms with Crippen molar-refractivity contribution in [2.75, 3.05) is 36.5 Å². The number of carbonyl (C=O) groups is 1. The second-order valence-electron chi connectivity index (χ2n) is 7.75. The number of ether oxygens (including phenoxy) is 1. The summed E-state index contributed by atoms with van der Waals surface area (Å²) in [4.78, 5) is 27.2. The van der Waals surface area contributed by atoms with Crippen LogP contribution in [0.25, 0.3) is 5.69 Å². The molecule has 1 aliphatic heterocycles. The van der Waals surface area contributed by atoms with Gasteiger partial charge in [-0.15, -0.1) is 0 Å². The van der Waals surface area contributed by atoms with Crippen LogP contribution in [-0.2, 0) is 10.9 Å². The van der Waals surface area contributed by atoms with Gasteiger partial charge in [-0.3, -0.25) is 9.59 Å². The number of hydrogen-bond donors (Lipinski definition) is 2. The summed E-state index contributed by atoms with van der Waals surface area (Å²) in [6, 6.07) is 10.7. The van der Waals surface area contributed by atoms with E-state index >= 15 is 0 Å². The minimum absolute atomic E-state index is 0.101. The number of halogens is 3. The number of nitrogens with zero attached hydrogens (tertiary/aromatic N) is 3. The van der Waals surface area contributed by atoms with Crippen molar-refractivity contribution in [2.45, 2.75) is 13.1 Å². The Bertz CT molecular complexity index is 1280. The lowest BCUT2D eigenvalue weighted by Crippen LogP contribution is -2.37. The van der Waals surface area contributed by atoms with E-state index in [1.165, 1.54) is 6.07 Å². The van der Waals surface area contributed by atoms with Crippen LogP contribution in [0, 0.1) is 6.92 Å². The van der Waals surface area contributed by atoms with Crippen LogP contribution >= 0.6 is 0 Å². The second-order valence-corrected chi connectivity index (χ2v) is 7.75. The van der Waals surface area contributed by atoms with Crippen molar-refractivity contribution in [3.05, 3.63) is 75.7 Å². The summed E-state index contributed by atoms with van der Waals surface area (Å²) in [5.41, 5.74) is -0.648. The summed E-state index contributed by atoms with van der Waals surface area (Å²) < 4.78 is 46.3. The molecule has 0 saturated carbocycles. The first-order valence-corrected chi connectivity index (χ1v) is 10.4. The smallest absolute Gasteiger partial charge is 0.416 e. The van der Waals surface area contributed by atoms with E-state index < -0.39 is 34.6 Å². The van der Waals surface area contributed by atoms with Crippen LogP contribution in [0.5, 0.6) is 5.75 Å². The minimum atomic E-state index is -4.62. The molecule has 0 radical (unpaired) electrons. The normalized spacial score (nSPS) is 14.2. The quantitative estimate of drug-likeness (QED) is 0.602. The van der Waals surface area contributed by atoms with Crippen molar-refractivity contribution in [2.24, 2.45) is 0 Å². The molecule has 1 saturated heterocycles. The van der Waals surface area contributed by atoms with Crippen LogP contribution in [0.15, 0.2) is 53.3 Å². The molecule has 1 amide bonds. The van der Waals surface area contributed by atoms with Crippen molar-refractivity contribution >= 4 is 17.3 Å². The lowest BCUT2D eigenvalue weighted by atomic mass is 10.1. The summed E-state index contributed by atoms with van der Waals surface area (Å²) in [7, 11) is 0. The third-order valence-corrected chi connectivity index (χ3v) is 5.30. The number of aromatic nitrogens is 2. The van der Waals surface area contributed by atoms with Gasteiger partial charge in [0.05, 0.1) is 35.8 Å². The molecule has 2 N–H and O–H groups in total. The van der Waals surface area contributed by atoms with Crippen molar-refractivity contribution in [3.63, 3.8) is 0 Å². The maximum Gasteiger partial charge on any atom is 0.416 e. The summed E-state index contributed by atoms with van der Waals surface area (Å²) in [6.07, 6.45) is -4.62. The molecule has 1 aliphatic rings. The van der Waals surface area contributed by atoms with Gasteiger partial charge in [-0.1, -0.05) is 12.1 Å². The van der Waals surface area contributed by atoms with Gasteiger partial charge in [0.25, 0.3) is 11.5 Å². The molecule has 1 fully saturated rings. The number of carbonyl (C=O) groups excluding carboxylic acids is 1. The third-order valence-electron chi connectivity index (χ3n) is 5.30. The molecule has 178 valence electrons. The fraction of sp³-hybridized carbons (Fsp3) is 0.261. The first-order chi connectivity index (χ1) is 16.1. The highest BCUT2D eigenvalue weighted by Gasteiger charge is 2.32. The van der Waals surface area contributed by atoms with Gasteiger partial charge < -0.3 is 20.1 Å². The monoisotopic (exact) mass is 474 g/mol. The van der Waals surface area contributed by atoms with E-state index in [-0.39, 0.29) is 5.69 Å². The lowest BCUT2D eigenvalue weighted by molar-refractivity contribution is -0.137. The summed E-state index contributed by atoms with van der Waals surface area (Å²) in [5, 5.41) is 16.6. The zero-order valence-electron chi connectivity index (χ0n) is 18.1. The van der Waals surface area contributed by atoms with Gasteiger partial charge in [0, 0.05) is 19.2 Å². The van der Waals surface area contributed by atoms with Crippen LogP contribution < -0.4 is 15.8 Å². The van der Waals surface area contributed by atoms with Gasteiger partial charge in [-0.25, -0.2) is 0 Å². The minimum Gasteiger partial charge on any atom is -0.505 e. The third kappa shape index (κ3) is 4.88. The molecule has 2 aromatic carbocycles. The standard InChI is InChI=1S/C23H21F3N4O4/c1-14-3-2-4-16(11-14)30-20(32)13-19(31)21(28-30)22(33)27-17-12-15(23(24,25)26)5-6-18(17)29-7-9-34-10-8-29/h2-6,11-13,31H,7-10H2,1H3,(H,27,33). The Hall–Kier alpha value is -3.86. The van der Waals surface area contributed by atoms with Crippen LogP contribution in [0.3, 0.4) is 0 Å². The number of anilines is 2. The fourth-order valence-electron chi connectivity index (χ4n) is 3.63. The molecule has 3 aromatic rings. The first kappa shape index (κ1) is 23.3. The van der Waals surface area contributed by atoms with Crippen molar-refractivity contribution in [1.29, 1.82) is 0 Å². The van der Waals surface area contributed by atoms with Crippen LogP contribution in [0.1, 0.15) is 21.6 Å². The SMILES string of the molecule is Cc1cccc(-n2nc(C(=O)Nc3cc(C(F)(F)F)ccc3N3CCOCC3)c(O)cc2=O)c1. The van der Waals surface area contributed by atoms with Crippen LogP contribution in [0.4, 0.5) is 24.5 Å². The Morgan fingerprint density at radius 3 is 2.53 bits per heavy atom. The van der Waals surface area contributed by atoms with E-state index in [2.05, 4.69) is 10.4 Å². The highest BCUT2D eigenvalue weighted by Crippen LogP contribution is 2.36. The number of aromatic hydroxyl groups is 1. The predicted octanol–water partition coefficient (Wildman–Crippen LogP) is 3.35. The van der Waals surface area contributed by atoms with E-state index in [0.717, 1.165) is 28.4 Å². The van der Waals surface area contributed by atoms with E-state index in [0.29, 0.717) is 37.7 Å². The zero-order valence-corrected chi connectivity index (χ0v) is 18.1. The van der Waals surface area contributed by atoms with E-state index in [1.807, 2.05) is 13.0 Å². The molecule has 0 spiro atoms. The van der Waals surface area contributed by atoms with Crippen molar-refractivity contribution in [1.82, 2.24) is 9.78 Å². The highest BCUT2D eigenvalue weighted by molar-refractivity contribution is 6.06. The summed E-state index contributed by atoms with van der Waals surface area (Å²) >= 11 is 0. The molecule has 8 nitrogen and oxygen atoms in total. The molecule has 4 rings (SSSR count). The molecule has 0 bridgehead atoms. The molecule has 0 atom stereocenters. The number of rotatable bonds is 4. The number of alkyl halides is 3. The van der Waals surface area contributed by atoms with Gasteiger partial charge in [0.1, 0.15) is 0 Å². The number of benzene rings is 2. The van der Waals surface area contributed by atoms with E-state index in [9.17, 15) is 27.9 Å². The van der Waals surface area contributed by atoms with Crippen molar-refractivity contribution in [3.8, 4) is 11.4 Å². The Labute approximate surface area is 192 Å². The molecule has 1 aromatic heterocycles. The fourth-order valence-corrected chi connectivity index (χ4v) is 3.63. The van der Waals surface area contributed by atoms with Gasteiger partial charge in [0.15, 0.2) is 11.4 Å². The summed E-state index contributed by atoms with van der Waals surface area (Å²) in [5.74, 6) is -1.65. The largest absolute Gasteiger partial charge is 0.505 e. The topological polar surface area (TPSA) is 96.7 Å². The number of aryl methyl sites for hydroxylation is 1. The first-order valence-electron chi connectivity index (χ1n) is 10.4. The Kier molecular flexibility index (Phi) is 6.29. The summed E-state index contributed by atoms with van der Waals surface area (Å²) in [6.45, 7) is 3.44. The van der Waals surface area contributed by atoms with Crippen LogP contribution in [-0.4, -0.2) is 47.1 Å². The van der Waals surface area contributed by atoms with Crippen molar-refractivity contribution < 1.29 is 27.8 Å². The number of hydrogen-bond acceptors (Lipinski definition) is 6. The molecule has 0 aliphatic carbocycles. The maximum absolute atomic E-state index is 13.3. The van der Waals surface area contributed by atoms with Gasteiger partial charge in [0.2, 0.25) is 0 Å². The molecule has 11 heteroatoms. The van der Waals surface area contributed by atoms with Gasteiger partial charge in [-0.2, -0.15) is 23.0 Å². The van der Waals surface area contributed by atoms with Gasteiger partial charge >= 0.3 is 6.18 Å². The maximum atomic E-state index is 13.3.